The lowest BCUT2D eigenvalue weighted by Gasteiger charge is -2.32. The van der Waals surface area contributed by atoms with Crippen molar-refractivity contribution in [2.45, 2.75) is 13.3 Å². The molecule has 0 atom stereocenters. The number of nitrogens with one attached hydrogen (secondary N) is 1. The second-order valence-corrected chi connectivity index (χ2v) is 7.08. The molecule has 2 aromatic rings. The van der Waals surface area contributed by atoms with Crippen LogP contribution in [0.25, 0.3) is 0 Å². The molecule has 26 heavy (non-hydrogen) atoms. The van der Waals surface area contributed by atoms with Gasteiger partial charge in [-0.2, -0.15) is 4.98 Å². The van der Waals surface area contributed by atoms with Crippen LogP contribution in [0, 0.1) is 6.92 Å². The van der Waals surface area contributed by atoms with Gasteiger partial charge in [0.05, 0.1) is 0 Å². The molecule has 0 aliphatic carbocycles. The second-order valence-electron chi connectivity index (χ2n) is 6.24. The number of nitrogens with zero attached hydrogens (tertiary/aromatic N) is 4. The van der Waals surface area contributed by atoms with Crippen molar-refractivity contribution in [2.75, 3.05) is 42.9 Å². The molecule has 1 N–H and O–H groups in total. The third-order valence-electron chi connectivity index (χ3n) is 4.30. The number of halogens is 2. The Hall–Kier alpha value is -2.05. The molecule has 0 unspecified atom stereocenters. The number of carbonyl (C=O) groups excluding carboxylic acids is 1. The van der Waals surface area contributed by atoms with Crippen LogP contribution in [-0.4, -0.2) is 54.0 Å². The fourth-order valence-corrected chi connectivity index (χ4v) is 3.36. The summed E-state index contributed by atoms with van der Waals surface area (Å²) in [5.41, 5.74) is 1.94. The predicted octanol–water partition coefficient (Wildman–Crippen LogP) is 3.02. The molecule has 0 saturated carbocycles. The van der Waals surface area contributed by atoms with E-state index in [1.54, 1.807) is 11.0 Å². The number of anilines is 2. The fraction of sp³-hybridized carbons (Fsp3) is 0.389. The van der Waals surface area contributed by atoms with Crippen LogP contribution in [0.1, 0.15) is 11.3 Å². The molecule has 2 heterocycles. The highest BCUT2D eigenvalue weighted by Gasteiger charge is 2.18. The monoisotopic (exact) mass is 393 g/mol. The Morgan fingerprint density at radius 3 is 2.62 bits per heavy atom. The number of piperazine rings is 1. The Bertz CT molecular complexity index is 778. The predicted molar refractivity (Wildman–Crippen MR) is 105 cm³/mol. The Morgan fingerprint density at radius 1 is 1.15 bits per heavy atom. The molecular weight excluding hydrogens is 373 g/mol. The minimum Gasteiger partial charge on any atom is -0.370 e. The zero-order chi connectivity index (χ0) is 18.5. The Balaban J connectivity index is 1.61. The van der Waals surface area contributed by atoms with E-state index >= 15 is 0 Å². The number of hydrogen-bond donors (Lipinski definition) is 1. The molecule has 0 bridgehead atoms. The Morgan fingerprint density at radius 2 is 1.92 bits per heavy atom. The van der Waals surface area contributed by atoms with Gasteiger partial charge in [0.2, 0.25) is 12.4 Å². The standard InChI is InChI=1S/C18H21Cl2N5O/c1-13-10-17(21-5-4-14-2-3-15(19)11-16(14)20)23-18(22-13)25-8-6-24(12-26)7-9-25/h2-3,10-12H,4-9H2,1H3,(H,21,22,23). The summed E-state index contributed by atoms with van der Waals surface area (Å²) in [6.07, 6.45) is 1.66. The van der Waals surface area contributed by atoms with Crippen molar-refractivity contribution < 1.29 is 4.79 Å². The van der Waals surface area contributed by atoms with E-state index in [1.165, 1.54) is 0 Å². The Kier molecular flexibility index (Phi) is 6.16. The van der Waals surface area contributed by atoms with Gasteiger partial charge in [-0.1, -0.05) is 29.3 Å². The molecule has 1 saturated heterocycles. The minimum absolute atomic E-state index is 0.637. The van der Waals surface area contributed by atoms with Gasteiger partial charge in [-0.25, -0.2) is 4.98 Å². The third kappa shape index (κ3) is 4.77. The van der Waals surface area contributed by atoms with E-state index in [0.29, 0.717) is 35.6 Å². The molecule has 6 nitrogen and oxygen atoms in total. The van der Waals surface area contributed by atoms with Gasteiger partial charge in [0.1, 0.15) is 5.82 Å². The normalized spacial score (nSPS) is 14.4. The van der Waals surface area contributed by atoms with Crippen LogP contribution in [-0.2, 0) is 11.2 Å². The number of aromatic nitrogens is 2. The largest absolute Gasteiger partial charge is 0.370 e. The summed E-state index contributed by atoms with van der Waals surface area (Å²) in [4.78, 5) is 23.9. The summed E-state index contributed by atoms with van der Waals surface area (Å²) in [5.74, 6) is 1.48. The molecule has 0 radical (unpaired) electrons. The van der Waals surface area contributed by atoms with Gasteiger partial charge in [0, 0.05) is 54.5 Å². The number of aryl methyl sites for hydroxylation is 1. The maximum absolute atomic E-state index is 10.8. The number of benzene rings is 1. The van der Waals surface area contributed by atoms with Gasteiger partial charge in [-0.15, -0.1) is 0 Å². The summed E-state index contributed by atoms with van der Waals surface area (Å²) in [5, 5.41) is 4.65. The smallest absolute Gasteiger partial charge is 0.227 e. The first-order valence-corrected chi connectivity index (χ1v) is 9.28. The van der Waals surface area contributed by atoms with Crippen molar-refractivity contribution in [3.63, 3.8) is 0 Å². The van der Waals surface area contributed by atoms with Crippen LogP contribution in [0.15, 0.2) is 24.3 Å². The Labute approximate surface area is 163 Å². The van der Waals surface area contributed by atoms with Gasteiger partial charge in [0.25, 0.3) is 0 Å². The van der Waals surface area contributed by atoms with E-state index in [4.69, 9.17) is 23.2 Å². The molecule has 138 valence electrons. The molecule has 3 rings (SSSR count). The number of carbonyl (C=O) groups is 1. The van der Waals surface area contributed by atoms with Crippen molar-refractivity contribution in [1.29, 1.82) is 0 Å². The van der Waals surface area contributed by atoms with Crippen LogP contribution in [0.5, 0.6) is 0 Å². The molecule has 1 amide bonds. The van der Waals surface area contributed by atoms with Crippen LogP contribution in [0.3, 0.4) is 0 Å². The summed E-state index contributed by atoms with van der Waals surface area (Å²) in [6.45, 7) is 5.52. The van der Waals surface area contributed by atoms with Crippen LogP contribution < -0.4 is 10.2 Å². The maximum atomic E-state index is 10.8. The van der Waals surface area contributed by atoms with E-state index in [0.717, 1.165) is 43.0 Å². The lowest BCUT2D eigenvalue weighted by Crippen LogP contribution is -2.46. The number of rotatable bonds is 6. The van der Waals surface area contributed by atoms with Crippen molar-refractivity contribution in [2.24, 2.45) is 0 Å². The first-order chi connectivity index (χ1) is 12.5. The van der Waals surface area contributed by atoms with E-state index in [-0.39, 0.29) is 0 Å². The lowest BCUT2D eigenvalue weighted by atomic mass is 10.1. The van der Waals surface area contributed by atoms with Crippen molar-refractivity contribution in [1.82, 2.24) is 14.9 Å². The summed E-state index contributed by atoms with van der Waals surface area (Å²) in [6, 6.07) is 7.46. The fourth-order valence-electron chi connectivity index (χ4n) is 2.86. The molecule has 0 spiro atoms. The van der Waals surface area contributed by atoms with Crippen LogP contribution in [0.2, 0.25) is 10.0 Å². The molecule has 8 heteroatoms. The zero-order valence-corrected chi connectivity index (χ0v) is 16.1. The van der Waals surface area contributed by atoms with Gasteiger partial charge < -0.3 is 15.1 Å². The van der Waals surface area contributed by atoms with Gasteiger partial charge in [-0.05, 0) is 31.0 Å². The number of amides is 1. The SMILES string of the molecule is Cc1cc(NCCc2ccc(Cl)cc2Cl)nc(N2CCN(C=O)CC2)n1. The van der Waals surface area contributed by atoms with Gasteiger partial charge >= 0.3 is 0 Å². The maximum Gasteiger partial charge on any atom is 0.227 e. The topological polar surface area (TPSA) is 61.4 Å². The summed E-state index contributed by atoms with van der Waals surface area (Å²) in [7, 11) is 0. The zero-order valence-electron chi connectivity index (χ0n) is 14.6. The summed E-state index contributed by atoms with van der Waals surface area (Å²) < 4.78 is 0. The molecule has 1 aromatic heterocycles. The van der Waals surface area contributed by atoms with E-state index in [1.807, 2.05) is 25.1 Å². The second kappa shape index (κ2) is 8.56. The van der Waals surface area contributed by atoms with E-state index in [2.05, 4.69) is 20.2 Å². The molecule has 1 fully saturated rings. The minimum atomic E-state index is 0.637. The average molecular weight is 394 g/mol. The molecule has 1 aromatic carbocycles. The van der Waals surface area contributed by atoms with Crippen LogP contribution in [0.4, 0.5) is 11.8 Å². The molecule has 1 aliphatic heterocycles. The lowest BCUT2D eigenvalue weighted by molar-refractivity contribution is -0.118. The van der Waals surface area contributed by atoms with E-state index in [9.17, 15) is 4.79 Å². The first-order valence-electron chi connectivity index (χ1n) is 8.53. The first kappa shape index (κ1) is 18.7. The summed E-state index contributed by atoms with van der Waals surface area (Å²) >= 11 is 12.1. The highest BCUT2D eigenvalue weighted by molar-refractivity contribution is 6.35. The van der Waals surface area contributed by atoms with Crippen molar-refractivity contribution in [3.05, 3.63) is 45.6 Å². The number of hydrogen-bond acceptors (Lipinski definition) is 5. The highest BCUT2D eigenvalue weighted by atomic mass is 35.5. The quantitative estimate of drug-likeness (QED) is 0.764. The van der Waals surface area contributed by atoms with Gasteiger partial charge in [-0.3, -0.25) is 4.79 Å². The molecule has 1 aliphatic rings. The van der Waals surface area contributed by atoms with Crippen LogP contribution >= 0.6 is 23.2 Å². The van der Waals surface area contributed by atoms with Gasteiger partial charge in [0.15, 0.2) is 0 Å². The van der Waals surface area contributed by atoms with Crippen molar-refractivity contribution in [3.8, 4) is 0 Å². The molecular formula is C18H21Cl2N5O. The third-order valence-corrected chi connectivity index (χ3v) is 4.89. The average Bonchev–Trinajstić information content (AvgIpc) is 2.63. The highest BCUT2D eigenvalue weighted by Crippen LogP contribution is 2.21. The van der Waals surface area contributed by atoms with Crippen molar-refractivity contribution >= 4 is 41.4 Å². The van der Waals surface area contributed by atoms with E-state index < -0.39 is 0 Å².